The van der Waals surface area contributed by atoms with Crippen molar-refractivity contribution in [3.05, 3.63) is 23.2 Å². The molecule has 0 aliphatic heterocycles. The van der Waals surface area contributed by atoms with Crippen LogP contribution >= 0.6 is 11.3 Å². The van der Waals surface area contributed by atoms with Crippen LogP contribution in [0.5, 0.6) is 0 Å². The summed E-state index contributed by atoms with van der Waals surface area (Å²) in [4.78, 5) is 15.1. The van der Waals surface area contributed by atoms with Gasteiger partial charge in [-0.25, -0.2) is 18.1 Å². The molecule has 1 heterocycles. The van der Waals surface area contributed by atoms with Gasteiger partial charge in [0.05, 0.1) is 26.5 Å². The molecule has 2 aromatic rings. The standard InChI is InChI=1S/C14H18N2O4S2/c1-14(2,3)13-16-10-5-4-9(8-11(10)21-13)22(19,20)15-7-6-12(17)18/h4-5,8,15H,6-7H2,1-3H3,(H,17,18). The van der Waals surface area contributed by atoms with E-state index in [2.05, 4.69) is 30.5 Å². The van der Waals surface area contributed by atoms with E-state index in [9.17, 15) is 13.2 Å². The molecule has 6 nitrogen and oxygen atoms in total. The van der Waals surface area contributed by atoms with Gasteiger partial charge in [0.1, 0.15) is 0 Å². The van der Waals surface area contributed by atoms with Gasteiger partial charge < -0.3 is 5.11 Å². The van der Waals surface area contributed by atoms with Crippen molar-refractivity contribution in [1.29, 1.82) is 0 Å². The number of carbonyl (C=O) groups is 1. The van der Waals surface area contributed by atoms with Crippen molar-refractivity contribution in [3.8, 4) is 0 Å². The van der Waals surface area contributed by atoms with Crippen LogP contribution in [0.1, 0.15) is 32.2 Å². The predicted molar refractivity (Wildman–Crippen MR) is 85.8 cm³/mol. The Morgan fingerprint density at radius 2 is 2.05 bits per heavy atom. The van der Waals surface area contributed by atoms with Gasteiger partial charge in [-0.3, -0.25) is 4.79 Å². The summed E-state index contributed by atoms with van der Waals surface area (Å²) in [5.74, 6) is -1.05. The Hall–Kier alpha value is -1.51. The number of fused-ring (bicyclic) bond motifs is 1. The maximum atomic E-state index is 12.1. The molecule has 1 aromatic heterocycles. The van der Waals surface area contributed by atoms with E-state index in [0.717, 1.165) is 15.2 Å². The second-order valence-electron chi connectivity index (χ2n) is 5.94. The zero-order valence-electron chi connectivity index (χ0n) is 12.6. The molecule has 0 radical (unpaired) electrons. The normalized spacial score (nSPS) is 12.7. The third-order valence-electron chi connectivity index (χ3n) is 2.94. The van der Waals surface area contributed by atoms with Gasteiger partial charge in [0.25, 0.3) is 0 Å². The molecule has 0 spiro atoms. The maximum absolute atomic E-state index is 12.1. The van der Waals surface area contributed by atoms with Crippen LogP contribution in [-0.2, 0) is 20.2 Å². The lowest BCUT2D eigenvalue weighted by atomic mass is 9.98. The third kappa shape index (κ3) is 3.82. The largest absolute Gasteiger partial charge is 0.481 e. The van der Waals surface area contributed by atoms with E-state index in [0.29, 0.717) is 0 Å². The van der Waals surface area contributed by atoms with E-state index in [-0.39, 0.29) is 23.3 Å². The fraction of sp³-hybridized carbons (Fsp3) is 0.429. The Bertz CT molecular complexity index is 804. The molecule has 0 saturated heterocycles. The first-order valence-electron chi connectivity index (χ1n) is 6.72. The summed E-state index contributed by atoms with van der Waals surface area (Å²) >= 11 is 1.47. The molecule has 0 bridgehead atoms. The molecule has 0 atom stereocenters. The monoisotopic (exact) mass is 342 g/mol. The van der Waals surface area contributed by atoms with Gasteiger partial charge in [0, 0.05) is 12.0 Å². The van der Waals surface area contributed by atoms with Crippen LogP contribution in [-0.4, -0.2) is 31.0 Å². The molecule has 2 N–H and O–H groups in total. The molecule has 22 heavy (non-hydrogen) atoms. The lowest BCUT2D eigenvalue weighted by Gasteiger charge is -2.13. The van der Waals surface area contributed by atoms with Crippen LogP contribution in [0.4, 0.5) is 0 Å². The Balaban J connectivity index is 2.30. The molecule has 8 heteroatoms. The van der Waals surface area contributed by atoms with Gasteiger partial charge in [-0.05, 0) is 18.2 Å². The van der Waals surface area contributed by atoms with Gasteiger partial charge in [0.15, 0.2) is 0 Å². The molecule has 0 amide bonds. The zero-order chi connectivity index (χ0) is 16.5. The lowest BCUT2D eigenvalue weighted by molar-refractivity contribution is -0.136. The number of carboxylic acid groups (broad SMARTS) is 1. The van der Waals surface area contributed by atoms with Gasteiger partial charge >= 0.3 is 5.97 Å². The first-order valence-corrected chi connectivity index (χ1v) is 9.02. The first kappa shape index (κ1) is 16.9. The van der Waals surface area contributed by atoms with Crippen molar-refractivity contribution in [2.75, 3.05) is 6.54 Å². The second kappa shape index (κ2) is 5.94. The van der Waals surface area contributed by atoms with Crippen LogP contribution in [0.2, 0.25) is 0 Å². The summed E-state index contributed by atoms with van der Waals surface area (Å²) in [6.07, 6.45) is -0.254. The number of nitrogens with zero attached hydrogens (tertiary/aromatic N) is 1. The summed E-state index contributed by atoms with van der Waals surface area (Å²) in [5.41, 5.74) is 0.669. The number of aromatic nitrogens is 1. The minimum atomic E-state index is -3.71. The highest BCUT2D eigenvalue weighted by molar-refractivity contribution is 7.89. The number of aliphatic carboxylic acids is 1. The number of carboxylic acids is 1. The summed E-state index contributed by atoms with van der Waals surface area (Å²) < 4.78 is 27.4. The summed E-state index contributed by atoms with van der Waals surface area (Å²) in [6, 6.07) is 4.73. The number of hydrogen-bond donors (Lipinski definition) is 2. The van der Waals surface area contributed by atoms with Crippen molar-refractivity contribution in [2.45, 2.75) is 37.5 Å². The number of nitrogens with one attached hydrogen (secondary N) is 1. The molecule has 1 aromatic carbocycles. The average molecular weight is 342 g/mol. The molecule has 2 rings (SSSR count). The molecular formula is C14H18N2O4S2. The van der Waals surface area contributed by atoms with Crippen molar-refractivity contribution in [2.24, 2.45) is 0 Å². The minimum Gasteiger partial charge on any atom is -0.481 e. The molecule has 0 aliphatic rings. The number of hydrogen-bond acceptors (Lipinski definition) is 5. The van der Waals surface area contributed by atoms with Crippen LogP contribution in [0.15, 0.2) is 23.1 Å². The van der Waals surface area contributed by atoms with Crippen molar-refractivity contribution >= 4 is 37.5 Å². The van der Waals surface area contributed by atoms with Crippen molar-refractivity contribution < 1.29 is 18.3 Å². The molecule has 120 valence electrons. The van der Waals surface area contributed by atoms with Crippen LogP contribution < -0.4 is 4.72 Å². The fourth-order valence-corrected chi connectivity index (χ4v) is 3.96. The topological polar surface area (TPSA) is 96.4 Å². The van der Waals surface area contributed by atoms with E-state index in [1.54, 1.807) is 12.1 Å². The molecular weight excluding hydrogens is 324 g/mol. The fourth-order valence-electron chi connectivity index (χ4n) is 1.77. The summed E-state index contributed by atoms with van der Waals surface area (Å²) in [6.45, 7) is 6.02. The lowest BCUT2D eigenvalue weighted by Crippen LogP contribution is -2.26. The molecule has 0 unspecified atom stereocenters. The Morgan fingerprint density at radius 3 is 2.64 bits per heavy atom. The Labute approximate surface area is 133 Å². The molecule has 0 fully saturated rings. The number of sulfonamides is 1. The predicted octanol–water partition coefficient (Wildman–Crippen LogP) is 2.35. The van der Waals surface area contributed by atoms with E-state index in [1.807, 2.05) is 0 Å². The molecule has 0 saturated carbocycles. The number of benzene rings is 1. The SMILES string of the molecule is CC(C)(C)c1nc2ccc(S(=O)(=O)NCCC(=O)O)cc2s1. The zero-order valence-corrected chi connectivity index (χ0v) is 14.2. The first-order chi connectivity index (χ1) is 10.1. The number of thiazole rings is 1. The van der Waals surface area contributed by atoms with Crippen molar-refractivity contribution in [1.82, 2.24) is 9.71 Å². The molecule has 0 aliphatic carbocycles. The minimum absolute atomic E-state index is 0.0948. The quantitative estimate of drug-likeness (QED) is 0.869. The highest BCUT2D eigenvalue weighted by atomic mass is 32.2. The van der Waals surface area contributed by atoms with Gasteiger partial charge in [-0.15, -0.1) is 11.3 Å². The van der Waals surface area contributed by atoms with Crippen molar-refractivity contribution in [3.63, 3.8) is 0 Å². The number of rotatable bonds is 5. The van der Waals surface area contributed by atoms with Crippen LogP contribution in [0, 0.1) is 0 Å². The maximum Gasteiger partial charge on any atom is 0.304 e. The summed E-state index contributed by atoms with van der Waals surface area (Å²) in [7, 11) is -3.71. The second-order valence-corrected chi connectivity index (χ2v) is 8.74. The third-order valence-corrected chi connectivity index (χ3v) is 5.85. The van der Waals surface area contributed by atoms with E-state index in [1.165, 1.54) is 17.4 Å². The van der Waals surface area contributed by atoms with Gasteiger partial charge in [-0.1, -0.05) is 20.8 Å². The summed E-state index contributed by atoms with van der Waals surface area (Å²) in [5, 5.41) is 9.50. The van der Waals surface area contributed by atoms with E-state index >= 15 is 0 Å². The highest BCUT2D eigenvalue weighted by Gasteiger charge is 2.20. The Kier molecular flexibility index (Phi) is 4.55. The van der Waals surface area contributed by atoms with Gasteiger partial charge in [-0.2, -0.15) is 0 Å². The van der Waals surface area contributed by atoms with Crippen LogP contribution in [0.25, 0.3) is 10.2 Å². The average Bonchev–Trinajstić information content (AvgIpc) is 2.80. The Morgan fingerprint density at radius 1 is 1.36 bits per heavy atom. The van der Waals surface area contributed by atoms with E-state index < -0.39 is 16.0 Å². The van der Waals surface area contributed by atoms with Gasteiger partial charge in [0.2, 0.25) is 10.0 Å². The van der Waals surface area contributed by atoms with E-state index in [4.69, 9.17) is 5.11 Å². The highest BCUT2D eigenvalue weighted by Crippen LogP contribution is 2.32. The smallest absolute Gasteiger partial charge is 0.304 e. The van der Waals surface area contributed by atoms with Crippen LogP contribution in [0.3, 0.4) is 0 Å².